The minimum atomic E-state index is -0.0986. The lowest BCUT2D eigenvalue weighted by Crippen LogP contribution is -3.08. The van der Waals surface area contributed by atoms with Gasteiger partial charge in [-0.3, -0.25) is 9.59 Å². The summed E-state index contributed by atoms with van der Waals surface area (Å²) in [5.41, 5.74) is 3.76. The van der Waals surface area contributed by atoms with Crippen LogP contribution in [0, 0.1) is 0 Å². The van der Waals surface area contributed by atoms with E-state index in [1.807, 2.05) is 49.5 Å². The predicted octanol–water partition coefficient (Wildman–Crippen LogP) is 0.698. The van der Waals surface area contributed by atoms with Gasteiger partial charge in [-0.15, -0.1) is 0 Å². The Hall–Kier alpha value is -2.99. The van der Waals surface area contributed by atoms with E-state index in [9.17, 15) is 9.59 Å². The van der Waals surface area contributed by atoms with Crippen molar-refractivity contribution in [3.05, 3.63) is 71.3 Å². The number of rotatable bonds is 6. The number of carbonyl (C=O) groups is 2. The van der Waals surface area contributed by atoms with Gasteiger partial charge < -0.3 is 10.2 Å². The van der Waals surface area contributed by atoms with E-state index in [4.69, 9.17) is 0 Å². The van der Waals surface area contributed by atoms with Crippen LogP contribution in [0.5, 0.6) is 0 Å². The summed E-state index contributed by atoms with van der Waals surface area (Å²) in [6.07, 6.45) is 0.787. The molecule has 0 saturated heterocycles. The van der Waals surface area contributed by atoms with Gasteiger partial charge in [0.1, 0.15) is 6.54 Å². The van der Waals surface area contributed by atoms with E-state index in [0.29, 0.717) is 25.2 Å². The SMILES string of the molecule is CNC(=O)c1ccc(C[NH+](C)CC(=O)N2CCC(c3ccccc3)=N2)cc1. The lowest BCUT2D eigenvalue weighted by Gasteiger charge is -2.17. The fourth-order valence-corrected chi connectivity index (χ4v) is 3.15. The Labute approximate surface area is 159 Å². The number of likely N-dealkylation sites (N-methyl/N-ethyl adjacent to an activating group) is 1. The second-order valence-electron chi connectivity index (χ2n) is 6.77. The van der Waals surface area contributed by atoms with Gasteiger partial charge >= 0.3 is 0 Å². The smallest absolute Gasteiger partial charge is 0.297 e. The van der Waals surface area contributed by atoms with E-state index in [0.717, 1.165) is 28.2 Å². The number of nitrogens with one attached hydrogen (secondary N) is 2. The molecule has 0 spiro atoms. The van der Waals surface area contributed by atoms with Gasteiger partial charge in [0.25, 0.3) is 11.8 Å². The largest absolute Gasteiger partial charge is 0.355 e. The number of amides is 2. The molecule has 6 heteroatoms. The molecule has 2 aromatic rings. The summed E-state index contributed by atoms with van der Waals surface area (Å²) >= 11 is 0. The summed E-state index contributed by atoms with van der Waals surface area (Å²) < 4.78 is 0. The average molecular weight is 365 g/mol. The maximum Gasteiger partial charge on any atom is 0.297 e. The number of nitrogens with zero attached hydrogens (tertiary/aromatic N) is 2. The van der Waals surface area contributed by atoms with Crippen molar-refractivity contribution >= 4 is 17.5 Å². The first kappa shape index (κ1) is 18.8. The Balaban J connectivity index is 1.55. The van der Waals surface area contributed by atoms with E-state index < -0.39 is 0 Å². The number of benzene rings is 2. The Kier molecular flexibility index (Phi) is 5.98. The lowest BCUT2D eigenvalue weighted by atomic mass is 10.1. The van der Waals surface area contributed by atoms with Gasteiger partial charge in [0.15, 0.2) is 6.54 Å². The van der Waals surface area contributed by atoms with Crippen molar-refractivity contribution in [1.82, 2.24) is 10.3 Å². The number of hydrogen-bond donors (Lipinski definition) is 2. The zero-order valence-electron chi connectivity index (χ0n) is 15.7. The van der Waals surface area contributed by atoms with Gasteiger partial charge in [-0.05, 0) is 17.7 Å². The molecule has 0 aromatic heterocycles. The van der Waals surface area contributed by atoms with Gasteiger partial charge in [0.2, 0.25) is 0 Å². The van der Waals surface area contributed by atoms with Crippen molar-refractivity contribution < 1.29 is 14.5 Å². The Morgan fingerprint density at radius 3 is 2.48 bits per heavy atom. The third-order valence-corrected chi connectivity index (χ3v) is 4.60. The minimum absolute atomic E-state index is 0.0282. The molecule has 0 bridgehead atoms. The summed E-state index contributed by atoms with van der Waals surface area (Å²) in [6, 6.07) is 17.5. The van der Waals surface area contributed by atoms with Gasteiger partial charge in [-0.25, -0.2) is 5.01 Å². The zero-order valence-corrected chi connectivity index (χ0v) is 15.7. The maximum atomic E-state index is 12.6. The molecule has 3 rings (SSSR count). The molecular formula is C21H25N4O2+. The molecule has 1 aliphatic rings. The van der Waals surface area contributed by atoms with Crippen LogP contribution in [-0.2, 0) is 11.3 Å². The molecule has 6 nitrogen and oxygen atoms in total. The second kappa shape index (κ2) is 8.60. The Bertz CT molecular complexity index is 831. The third kappa shape index (κ3) is 4.80. The topological polar surface area (TPSA) is 66.2 Å². The zero-order chi connectivity index (χ0) is 19.2. The van der Waals surface area contributed by atoms with Crippen molar-refractivity contribution in [2.75, 3.05) is 27.2 Å². The molecule has 27 heavy (non-hydrogen) atoms. The summed E-state index contributed by atoms with van der Waals surface area (Å²) in [4.78, 5) is 25.2. The highest BCUT2D eigenvalue weighted by molar-refractivity contribution is 6.02. The first-order chi connectivity index (χ1) is 13.1. The van der Waals surface area contributed by atoms with Gasteiger partial charge in [0.05, 0.1) is 19.3 Å². The Morgan fingerprint density at radius 1 is 1.11 bits per heavy atom. The Morgan fingerprint density at radius 2 is 1.81 bits per heavy atom. The quantitative estimate of drug-likeness (QED) is 0.791. The lowest BCUT2D eigenvalue weighted by molar-refractivity contribution is -0.885. The van der Waals surface area contributed by atoms with Crippen molar-refractivity contribution in [2.24, 2.45) is 5.10 Å². The number of hydrogen-bond acceptors (Lipinski definition) is 3. The highest BCUT2D eigenvalue weighted by Crippen LogP contribution is 2.13. The van der Waals surface area contributed by atoms with Gasteiger partial charge in [-0.1, -0.05) is 42.5 Å². The molecule has 2 N–H and O–H groups in total. The molecule has 1 heterocycles. The van der Waals surface area contributed by atoms with Crippen molar-refractivity contribution in [3.8, 4) is 0 Å². The molecule has 1 atom stereocenters. The normalized spacial score (nSPS) is 14.6. The predicted molar refractivity (Wildman–Crippen MR) is 105 cm³/mol. The van der Waals surface area contributed by atoms with Crippen molar-refractivity contribution in [2.45, 2.75) is 13.0 Å². The molecular weight excluding hydrogens is 340 g/mol. The van der Waals surface area contributed by atoms with E-state index in [-0.39, 0.29) is 11.8 Å². The molecule has 0 aliphatic carbocycles. The number of quaternary nitrogens is 1. The van der Waals surface area contributed by atoms with Crippen molar-refractivity contribution in [1.29, 1.82) is 0 Å². The van der Waals surface area contributed by atoms with Crippen LogP contribution < -0.4 is 10.2 Å². The first-order valence-electron chi connectivity index (χ1n) is 9.12. The van der Waals surface area contributed by atoms with E-state index >= 15 is 0 Å². The van der Waals surface area contributed by atoms with Crippen LogP contribution in [0.1, 0.15) is 27.9 Å². The fraction of sp³-hybridized carbons (Fsp3) is 0.286. The first-order valence-corrected chi connectivity index (χ1v) is 9.12. The molecule has 0 saturated carbocycles. The van der Waals surface area contributed by atoms with Crippen LogP contribution in [0.4, 0.5) is 0 Å². The van der Waals surface area contributed by atoms with Crippen molar-refractivity contribution in [3.63, 3.8) is 0 Å². The van der Waals surface area contributed by atoms with Crippen LogP contribution in [-0.4, -0.2) is 49.7 Å². The summed E-state index contributed by atoms with van der Waals surface area (Å²) in [6.45, 7) is 1.72. The van der Waals surface area contributed by atoms with Crippen LogP contribution >= 0.6 is 0 Å². The monoisotopic (exact) mass is 365 g/mol. The molecule has 2 amide bonds. The number of carbonyl (C=O) groups excluding carboxylic acids is 2. The standard InChI is InChI=1S/C21H24N4O2/c1-22-21(27)18-10-8-16(9-11-18)14-24(2)15-20(26)25-13-12-19(23-25)17-6-4-3-5-7-17/h3-11H,12-15H2,1-2H3,(H,22,27)/p+1. The fourth-order valence-electron chi connectivity index (χ4n) is 3.15. The van der Waals surface area contributed by atoms with Gasteiger partial charge in [0, 0.05) is 24.6 Å². The highest BCUT2D eigenvalue weighted by atomic mass is 16.2. The molecule has 0 fully saturated rings. The molecule has 140 valence electrons. The number of hydrazone groups is 1. The second-order valence-corrected chi connectivity index (χ2v) is 6.77. The third-order valence-electron chi connectivity index (χ3n) is 4.60. The maximum absolute atomic E-state index is 12.6. The minimum Gasteiger partial charge on any atom is -0.355 e. The summed E-state index contributed by atoms with van der Waals surface area (Å²) in [7, 11) is 3.60. The molecule has 1 unspecified atom stereocenters. The van der Waals surface area contributed by atoms with Crippen LogP contribution in [0.2, 0.25) is 0 Å². The van der Waals surface area contributed by atoms with Crippen LogP contribution in [0.25, 0.3) is 0 Å². The van der Waals surface area contributed by atoms with E-state index in [2.05, 4.69) is 10.4 Å². The summed E-state index contributed by atoms with van der Waals surface area (Å²) in [5, 5.41) is 8.69. The van der Waals surface area contributed by atoms with E-state index in [1.165, 1.54) is 0 Å². The highest BCUT2D eigenvalue weighted by Gasteiger charge is 2.24. The van der Waals surface area contributed by atoms with Crippen LogP contribution in [0.15, 0.2) is 59.7 Å². The molecule has 2 aromatic carbocycles. The average Bonchev–Trinajstić information content (AvgIpc) is 3.19. The van der Waals surface area contributed by atoms with Crippen LogP contribution in [0.3, 0.4) is 0 Å². The molecule has 1 aliphatic heterocycles. The van der Waals surface area contributed by atoms with Gasteiger partial charge in [-0.2, -0.15) is 5.10 Å². The van der Waals surface area contributed by atoms with E-state index in [1.54, 1.807) is 24.2 Å². The molecule has 0 radical (unpaired) electrons. The summed E-state index contributed by atoms with van der Waals surface area (Å²) in [5.74, 6) is -0.0704.